The molecule has 1 heterocycles. The Morgan fingerprint density at radius 1 is 1.55 bits per heavy atom. The van der Waals surface area contributed by atoms with E-state index in [0.29, 0.717) is 16.1 Å². The molecule has 0 aliphatic carbocycles. The molecule has 1 aromatic rings. The number of anilines is 1. The average molecular weight is 312 g/mol. The van der Waals surface area contributed by atoms with Gasteiger partial charge in [0, 0.05) is 35.9 Å². The van der Waals surface area contributed by atoms with Gasteiger partial charge in [-0.25, -0.2) is 0 Å². The van der Waals surface area contributed by atoms with Crippen molar-refractivity contribution in [2.45, 2.75) is 25.8 Å². The van der Waals surface area contributed by atoms with Crippen LogP contribution in [-0.2, 0) is 0 Å². The molecule has 3 nitrogen and oxygen atoms in total. The first-order chi connectivity index (χ1) is 9.52. The van der Waals surface area contributed by atoms with Crippen molar-refractivity contribution < 1.29 is 0 Å². The Hall–Kier alpha value is -0.840. The third kappa shape index (κ3) is 3.43. The molecule has 5 heteroatoms. The van der Waals surface area contributed by atoms with E-state index < -0.39 is 0 Å². The lowest BCUT2D eigenvalue weighted by Gasteiger charge is -2.30. The van der Waals surface area contributed by atoms with Gasteiger partial charge in [0.25, 0.3) is 0 Å². The molecule has 1 aliphatic rings. The molecule has 0 amide bonds. The maximum Gasteiger partial charge on any atom is 0.106 e. The number of thiocarbonyl (C=S) groups is 1. The van der Waals surface area contributed by atoms with Crippen LogP contribution in [0.1, 0.15) is 25.3 Å². The monoisotopic (exact) mass is 311 g/mol. The van der Waals surface area contributed by atoms with Gasteiger partial charge in [-0.3, -0.25) is 4.90 Å². The van der Waals surface area contributed by atoms with Gasteiger partial charge in [0.15, 0.2) is 0 Å². The fourth-order valence-electron chi connectivity index (χ4n) is 2.97. The van der Waals surface area contributed by atoms with Gasteiger partial charge < -0.3 is 10.6 Å². The standard InChI is InChI=1S/C15H22ClN3S/c1-3-19-8-4-5-12(19)10-18(2)14-7-6-11(16)9-13(14)15(17)20/h6-7,9,12H,3-5,8,10H2,1-2H3,(H2,17,20). The van der Waals surface area contributed by atoms with Crippen molar-refractivity contribution in [1.29, 1.82) is 0 Å². The Morgan fingerprint density at radius 3 is 2.95 bits per heavy atom. The van der Waals surface area contributed by atoms with Crippen LogP contribution in [0, 0.1) is 0 Å². The van der Waals surface area contributed by atoms with Crippen LogP contribution in [0.5, 0.6) is 0 Å². The number of hydrogen-bond acceptors (Lipinski definition) is 3. The number of likely N-dealkylation sites (tertiary alicyclic amines) is 1. The van der Waals surface area contributed by atoms with Gasteiger partial charge in [-0.15, -0.1) is 0 Å². The summed E-state index contributed by atoms with van der Waals surface area (Å²) in [6.07, 6.45) is 2.54. The van der Waals surface area contributed by atoms with Crippen LogP contribution in [0.4, 0.5) is 5.69 Å². The molecule has 2 N–H and O–H groups in total. The number of hydrogen-bond donors (Lipinski definition) is 1. The highest BCUT2D eigenvalue weighted by atomic mass is 35.5. The summed E-state index contributed by atoms with van der Waals surface area (Å²) in [5.41, 5.74) is 7.74. The zero-order chi connectivity index (χ0) is 14.7. The molecule has 0 spiro atoms. The maximum atomic E-state index is 6.04. The molecule has 2 rings (SSSR count). The first-order valence-electron chi connectivity index (χ1n) is 7.07. The van der Waals surface area contributed by atoms with E-state index in [2.05, 4.69) is 23.8 Å². The number of rotatable bonds is 5. The summed E-state index contributed by atoms with van der Waals surface area (Å²) in [4.78, 5) is 5.17. The first-order valence-corrected chi connectivity index (χ1v) is 7.86. The van der Waals surface area contributed by atoms with Crippen LogP contribution in [0.25, 0.3) is 0 Å². The summed E-state index contributed by atoms with van der Waals surface area (Å²) in [6.45, 7) is 5.53. The molecule has 1 unspecified atom stereocenters. The van der Waals surface area contributed by atoms with Crippen molar-refractivity contribution in [3.05, 3.63) is 28.8 Å². The Labute approximate surface area is 131 Å². The predicted octanol–water partition coefficient (Wildman–Crippen LogP) is 2.89. The maximum absolute atomic E-state index is 6.04. The molecule has 1 aromatic carbocycles. The second-order valence-electron chi connectivity index (χ2n) is 5.33. The highest BCUT2D eigenvalue weighted by molar-refractivity contribution is 7.80. The topological polar surface area (TPSA) is 32.5 Å². The molecular weight excluding hydrogens is 290 g/mol. The molecule has 110 valence electrons. The normalized spacial score (nSPS) is 19.2. The van der Waals surface area contributed by atoms with Gasteiger partial charge in [-0.1, -0.05) is 30.7 Å². The first kappa shape index (κ1) is 15.5. The summed E-state index contributed by atoms with van der Waals surface area (Å²) < 4.78 is 0. The summed E-state index contributed by atoms with van der Waals surface area (Å²) >= 11 is 11.2. The van der Waals surface area contributed by atoms with E-state index in [0.717, 1.165) is 24.3 Å². The van der Waals surface area contributed by atoms with Crippen LogP contribution in [0.15, 0.2) is 18.2 Å². The third-order valence-corrected chi connectivity index (χ3v) is 4.48. The highest BCUT2D eigenvalue weighted by Crippen LogP contribution is 2.26. The number of likely N-dealkylation sites (N-methyl/N-ethyl adjacent to an activating group) is 2. The summed E-state index contributed by atoms with van der Waals surface area (Å²) in [6, 6.07) is 6.35. The second kappa shape index (κ2) is 6.74. The fraction of sp³-hybridized carbons (Fsp3) is 0.533. The van der Waals surface area contributed by atoms with E-state index in [-0.39, 0.29) is 0 Å². The van der Waals surface area contributed by atoms with Gasteiger partial charge >= 0.3 is 0 Å². The van der Waals surface area contributed by atoms with E-state index in [9.17, 15) is 0 Å². The van der Waals surface area contributed by atoms with E-state index in [1.54, 1.807) is 0 Å². The van der Waals surface area contributed by atoms with Gasteiger partial charge in [0.05, 0.1) is 0 Å². The van der Waals surface area contributed by atoms with Crippen molar-refractivity contribution in [3.8, 4) is 0 Å². The minimum Gasteiger partial charge on any atom is -0.389 e. The number of nitrogens with zero attached hydrogens (tertiary/aromatic N) is 2. The SMILES string of the molecule is CCN1CCCC1CN(C)c1ccc(Cl)cc1C(N)=S. The molecule has 0 radical (unpaired) electrons. The largest absolute Gasteiger partial charge is 0.389 e. The van der Waals surface area contributed by atoms with Gasteiger partial charge in [0.2, 0.25) is 0 Å². The Balaban J connectivity index is 2.16. The van der Waals surface area contributed by atoms with E-state index in [4.69, 9.17) is 29.6 Å². The number of benzene rings is 1. The van der Waals surface area contributed by atoms with E-state index in [1.807, 2.05) is 18.2 Å². The Kier molecular flexibility index (Phi) is 5.24. The summed E-state index contributed by atoms with van der Waals surface area (Å²) in [5, 5.41) is 0.668. The molecular formula is C15H22ClN3S. The summed E-state index contributed by atoms with van der Waals surface area (Å²) in [7, 11) is 2.09. The Bertz CT molecular complexity index is 492. The van der Waals surface area contributed by atoms with Crippen LogP contribution in [0.3, 0.4) is 0 Å². The minimum absolute atomic E-state index is 0.396. The smallest absolute Gasteiger partial charge is 0.106 e. The third-order valence-electron chi connectivity index (χ3n) is 4.03. The molecule has 1 fully saturated rings. The van der Waals surface area contributed by atoms with Crippen molar-refractivity contribution in [3.63, 3.8) is 0 Å². The van der Waals surface area contributed by atoms with Gasteiger partial charge in [-0.2, -0.15) is 0 Å². The van der Waals surface area contributed by atoms with Gasteiger partial charge in [-0.05, 0) is 44.1 Å². The molecule has 0 aromatic heterocycles. The molecule has 0 bridgehead atoms. The van der Waals surface area contributed by atoms with Crippen LogP contribution < -0.4 is 10.6 Å². The molecule has 1 aliphatic heterocycles. The van der Waals surface area contributed by atoms with Crippen molar-refractivity contribution in [2.24, 2.45) is 5.73 Å². The second-order valence-corrected chi connectivity index (χ2v) is 6.21. The van der Waals surface area contributed by atoms with Crippen molar-refractivity contribution >= 4 is 34.5 Å². The molecule has 0 saturated carbocycles. The lowest BCUT2D eigenvalue weighted by molar-refractivity contribution is 0.270. The zero-order valence-corrected chi connectivity index (χ0v) is 13.7. The number of halogens is 1. The fourth-order valence-corrected chi connectivity index (χ4v) is 3.31. The van der Waals surface area contributed by atoms with Crippen LogP contribution in [-0.4, -0.2) is 42.6 Å². The lowest BCUT2D eigenvalue weighted by atomic mass is 10.1. The molecule has 20 heavy (non-hydrogen) atoms. The molecule has 1 atom stereocenters. The average Bonchev–Trinajstić information content (AvgIpc) is 2.85. The van der Waals surface area contributed by atoms with Crippen molar-refractivity contribution in [1.82, 2.24) is 4.90 Å². The number of nitrogens with two attached hydrogens (primary N) is 1. The zero-order valence-electron chi connectivity index (χ0n) is 12.1. The lowest BCUT2D eigenvalue weighted by Crippen LogP contribution is -2.39. The van der Waals surface area contributed by atoms with Crippen molar-refractivity contribution in [2.75, 3.05) is 31.6 Å². The Morgan fingerprint density at radius 2 is 2.30 bits per heavy atom. The molecule has 1 saturated heterocycles. The quantitative estimate of drug-likeness (QED) is 0.848. The van der Waals surface area contributed by atoms with Gasteiger partial charge in [0.1, 0.15) is 4.99 Å². The predicted molar refractivity (Wildman–Crippen MR) is 90.9 cm³/mol. The van der Waals surface area contributed by atoms with Crippen LogP contribution in [0.2, 0.25) is 5.02 Å². The summed E-state index contributed by atoms with van der Waals surface area (Å²) in [5.74, 6) is 0. The van der Waals surface area contributed by atoms with Crippen LogP contribution >= 0.6 is 23.8 Å². The highest BCUT2D eigenvalue weighted by Gasteiger charge is 2.24. The van der Waals surface area contributed by atoms with E-state index in [1.165, 1.54) is 19.4 Å². The van der Waals surface area contributed by atoms with E-state index >= 15 is 0 Å². The minimum atomic E-state index is 0.396.